The zero-order chi connectivity index (χ0) is 17.4. The normalized spacial score (nSPS) is 20.7. The van der Waals surface area contributed by atoms with Crippen molar-refractivity contribution in [3.05, 3.63) is 36.0 Å². The van der Waals surface area contributed by atoms with Gasteiger partial charge in [-0.05, 0) is 37.9 Å². The molecule has 0 saturated carbocycles. The number of para-hydroxylation sites is 1. The standard InChI is InChI=1S/C19H23N3O2S/c1-21-10-8-19(9-11-21)22(18(24)13-25-19)17(23)7-6-14-12-20-16-5-3-2-4-15(14)16/h2-5,12,20H,6-11,13H2,1H3. The van der Waals surface area contributed by atoms with Crippen LogP contribution < -0.4 is 0 Å². The fourth-order valence-electron chi connectivity index (χ4n) is 3.95. The zero-order valence-corrected chi connectivity index (χ0v) is 15.3. The van der Waals surface area contributed by atoms with Crippen LogP contribution in [0.25, 0.3) is 10.9 Å². The molecule has 2 amide bonds. The third kappa shape index (κ3) is 2.98. The quantitative estimate of drug-likeness (QED) is 0.917. The first-order valence-corrected chi connectivity index (χ1v) is 9.81. The number of amides is 2. The Morgan fingerprint density at radius 2 is 2.04 bits per heavy atom. The fraction of sp³-hybridized carbons (Fsp3) is 0.474. The van der Waals surface area contributed by atoms with Crippen LogP contribution in [0, 0.1) is 0 Å². The molecule has 0 aliphatic carbocycles. The van der Waals surface area contributed by atoms with E-state index < -0.39 is 0 Å². The SMILES string of the molecule is CN1CCC2(CC1)SCC(=O)N2C(=O)CCc1c[nH]c2ccccc12. The summed E-state index contributed by atoms with van der Waals surface area (Å²) in [6, 6.07) is 8.11. The molecule has 1 N–H and O–H groups in total. The van der Waals surface area contributed by atoms with E-state index in [0.29, 0.717) is 18.6 Å². The van der Waals surface area contributed by atoms with Crippen molar-refractivity contribution in [3.63, 3.8) is 0 Å². The summed E-state index contributed by atoms with van der Waals surface area (Å²) in [5, 5.41) is 1.16. The molecule has 1 spiro atoms. The Morgan fingerprint density at radius 3 is 2.84 bits per heavy atom. The number of nitrogens with zero attached hydrogens (tertiary/aromatic N) is 2. The van der Waals surface area contributed by atoms with Gasteiger partial charge in [-0.1, -0.05) is 18.2 Å². The number of fused-ring (bicyclic) bond motifs is 1. The fourth-order valence-corrected chi connectivity index (χ4v) is 5.27. The number of benzene rings is 1. The first-order chi connectivity index (χ1) is 12.1. The largest absolute Gasteiger partial charge is 0.361 e. The van der Waals surface area contributed by atoms with Gasteiger partial charge in [0.05, 0.1) is 10.6 Å². The maximum atomic E-state index is 12.9. The summed E-state index contributed by atoms with van der Waals surface area (Å²) in [7, 11) is 2.09. The van der Waals surface area contributed by atoms with Crippen molar-refractivity contribution in [1.29, 1.82) is 0 Å². The summed E-state index contributed by atoms with van der Waals surface area (Å²) >= 11 is 1.66. The third-order valence-corrected chi connectivity index (χ3v) is 6.94. The minimum atomic E-state index is -0.305. The third-order valence-electron chi connectivity index (χ3n) is 5.42. The van der Waals surface area contributed by atoms with E-state index in [-0.39, 0.29) is 16.7 Å². The summed E-state index contributed by atoms with van der Waals surface area (Å²) < 4.78 is 0. The lowest BCUT2D eigenvalue weighted by Gasteiger charge is -2.42. The monoisotopic (exact) mass is 357 g/mol. The van der Waals surface area contributed by atoms with Gasteiger partial charge in [0.25, 0.3) is 0 Å². The summed E-state index contributed by atoms with van der Waals surface area (Å²) in [4.78, 5) is 32.1. The number of aromatic amines is 1. The molecule has 1 aromatic heterocycles. The van der Waals surface area contributed by atoms with Crippen LogP contribution in [0.4, 0.5) is 0 Å². The molecule has 0 unspecified atom stereocenters. The molecule has 2 aromatic rings. The van der Waals surface area contributed by atoms with Gasteiger partial charge in [0, 0.05) is 36.6 Å². The Bertz CT molecular complexity index is 808. The van der Waals surface area contributed by atoms with Crippen LogP contribution in [0.1, 0.15) is 24.8 Å². The van der Waals surface area contributed by atoms with E-state index >= 15 is 0 Å². The van der Waals surface area contributed by atoms with Gasteiger partial charge >= 0.3 is 0 Å². The lowest BCUT2D eigenvalue weighted by atomic mass is 10.0. The number of hydrogen-bond acceptors (Lipinski definition) is 4. The van der Waals surface area contributed by atoms with Crippen LogP contribution in [-0.4, -0.2) is 57.4 Å². The Labute approximate surface area is 151 Å². The van der Waals surface area contributed by atoms with E-state index in [0.717, 1.165) is 42.4 Å². The van der Waals surface area contributed by atoms with E-state index in [1.165, 1.54) is 0 Å². The van der Waals surface area contributed by atoms with Crippen LogP contribution in [0.5, 0.6) is 0 Å². The van der Waals surface area contributed by atoms with Gasteiger partial charge in [-0.25, -0.2) is 0 Å². The van der Waals surface area contributed by atoms with Crippen molar-refractivity contribution in [2.75, 3.05) is 25.9 Å². The molecule has 0 bridgehead atoms. The van der Waals surface area contributed by atoms with Crippen molar-refractivity contribution in [1.82, 2.24) is 14.8 Å². The molecule has 5 nitrogen and oxygen atoms in total. The molecule has 2 saturated heterocycles. The lowest BCUT2D eigenvalue weighted by Crippen LogP contribution is -2.53. The van der Waals surface area contributed by atoms with Gasteiger partial charge in [-0.2, -0.15) is 0 Å². The van der Waals surface area contributed by atoms with Crippen molar-refractivity contribution < 1.29 is 9.59 Å². The first kappa shape index (κ1) is 16.7. The van der Waals surface area contributed by atoms with Crippen LogP contribution >= 0.6 is 11.8 Å². The first-order valence-electron chi connectivity index (χ1n) is 8.82. The lowest BCUT2D eigenvalue weighted by molar-refractivity contribution is -0.147. The number of piperidine rings is 1. The molecule has 2 aliphatic rings. The van der Waals surface area contributed by atoms with E-state index in [1.807, 2.05) is 24.4 Å². The maximum absolute atomic E-state index is 12.9. The molecule has 3 heterocycles. The molecule has 2 fully saturated rings. The second-order valence-corrected chi connectivity index (χ2v) is 8.36. The Kier molecular flexibility index (Phi) is 4.33. The predicted octanol–water partition coefficient (Wildman–Crippen LogP) is 2.62. The van der Waals surface area contributed by atoms with E-state index in [1.54, 1.807) is 16.7 Å². The van der Waals surface area contributed by atoms with Crippen LogP contribution in [0.15, 0.2) is 30.5 Å². The molecule has 132 valence electrons. The number of aromatic nitrogens is 1. The summed E-state index contributed by atoms with van der Waals surface area (Å²) in [5.41, 5.74) is 2.23. The Morgan fingerprint density at radius 1 is 1.28 bits per heavy atom. The average molecular weight is 357 g/mol. The van der Waals surface area contributed by atoms with Gasteiger partial charge in [-0.3, -0.25) is 14.5 Å². The average Bonchev–Trinajstić information content (AvgIpc) is 3.17. The van der Waals surface area contributed by atoms with E-state index in [2.05, 4.69) is 23.0 Å². The molecular weight excluding hydrogens is 334 g/mol. The number of aryl methyl sites for hydroxylation is 1. The number of H-pyrrole nitrogens is 1. The van der Waals surface area contributed by atoms with Gasteiger partial charge in [-0.15, -0.1) is 11.8 Å². The van der Waals surface area contributed by atoms with E-state index in [4.69, 9.17) is 0 Å². The van der Waals surface area contributed by atoms with Gasteiger partial charge in [0.1, 0.15) is 0 Å². The maximum Gasteiger partial charge on any atom is 0.240 e. The highest BCUT2D eigenvalue weighted by Gasteiger charge is 2.50. The number of thioether (sulfide) groups is 1. The second kappa shape index (κ2) is 6.50. The predicted molar refractivity (Wildman–Crippen MR) is 100 cm³/mol. The number of likely N-dealkylation sites (tertiary alicyclic amines) is 1. The van der Waals surface area contributed by atoms with Crippen LogP contribution in [-0.2, 0) is 16.0 Å². The number of nitrogens with one attached hydrogen (secondary N) is 1. The minimum absolute atomic E-state index is 0.0153. The Hall–Kier alpha value is -1.79. The highest BCUT2D eigenvalue weighted by molar-refractivity contribution is 8.01. The van der Waals surface area contributed by atoms with Crippen molar-refractivity contribution in [3.8, 4) is 0 Å². The summed E-state index contributed by atoms with van der Waals surface area (Å²) in [5.74, 6) is 0.394. The number of carbonyl (C=O) groups is 2. The highest BCUT2D eigenvalue weighted by Crippen LogP contribution is 2.44. The summed E-state index contributed by atoms with van der Waals surface area (Å²) in [6.07, 6.45) is 4.76. The smallest absolute Gasteiger partial charge is 0.240 e. The van der Waals surface area contributed by atoms with Crippen LogP contribution in [0.3, 0.4) is 0 Å². The molecule has 2 aliphatic heterocycles. The summed E-state index contributed by atoms with van der Waals surface area (Å²) in [6.45, 7) is 1.87. The number of hydrogen-bond donors (Lipinski definition) is 1. The second-order valence-electron chi connectivity index (χ2n) is 7.02. The van der Waals surface area contributed by atoms with Crippen molar-refractivity contribution in [2.45, 2.75) is 30.6 Å². The molecule has 6 heteroatoms. The molecule has 25 heavy (non-hydrogen) atoms. The number of carbonyl (C=O) groups excluding carboxylic acids is 2. The number of imide groups is 1. The topological polar surface area (TPSA) is 56.4 Å². The molecular formula is C19H23N3O2S. The van der Waals surface area contributed by atoms with Gasteiger partial charge in [0.2, 0.25) is 11.8 Å². The molecule has 1 aromatic carbocycles. The number of rotatable bonds is 3. The highest BCUT2D eigenvalue weighted by atomic mass is 32.2. The molecule has 0 atom stereocenters. The van der Waals surface area contributed by atoms with Crippen molar-refractivity contribution in [2.24, 2.45) is 0 Å². The van der Waals surface area contributed by atoms with Crippen molar-refractivity contribution >= 4 is 34.5 Å². The van der Waals surface area contributed by atoms with Crippen LogP contribution in [0.2, 0.25) is 0 Å². The Balaban J connectivity index is 1.49. The molecule has 0 radical (unpaired) electrons. The van der Waals surface area contributed by atoms with E-state index in [9.17, 15) is 9.59 Å². The van der Waals surface area contributed by atoms with Gasteiger partial charge < -0.3 is 9.88 Å². The zero-order valence-electron chi connectivity index (χ0n) is 14.5. The minimum Gasteiger partial charge on any atom is -0.361 e. The molecule has 4 rings (SSSR count). The van der Waals surface area contributed by atoms with Gasteiger partial charge in [0.15, 0.2) is 0 Å².